The quantitative estimate of drug-likeness (QED) is 0.669. The molecular weight excluding hydrogens is 184 g/mol. The van der Waals surface area contributed by atoms with E-state index in [0.717, 1.165) is 16.1 Å². The molecule has 13 heavy (non-hydrogen) atoms. The Balaban J connectivity index is 2.46. The van der Waals surface area contributed by atoms with Gasteiger partial charge in [0.25, 0.3) is 0 Å². The lowest BCUT2D eigenvalue weighted by atomic mass is 10.1. The zero-order valence-electron chi connectivity index (χ0n) is 6.96. The van der Waals surface area contributed by atoms with Crippen LogP contribution in [0, 0.1) is 6.92 Å². The molecule has 0 fully saturated rings. The number of hydrogen-bond donors (Lipinski definition) is 0. The van der Waals surface area contributed by atoms with Gasteiger partial charge in [0.15, 0.2) is 0 Å². The molecule has 0 bridgehead atoms. The summed E-state index contributed by atoms with van der Waals surface area (Å²) < 4.78 is 5.10. The van der Waals surface area contributed by atoms with Crippen LogP contribution in [0.4, 0.5) is 0 Å². The normalized spacial score (nSPS) is 10.3. The van der Waals surface area contributed by atoms with E-state index in [2.05, 4.69) is 6.92 Å². The van der Waals surface area contributed by atoms with Crippen molar-refractivity contribution in [3.63, 3.8) is 0 Å². The Labute approximate surface area is 82.0 Å². The minimum atomic E-state index is 0.662. The number of furan rings is 1. The van der Waals surface area contributed by atoms with Crippen molar-refractivity contribution in [2.24, 2.45) is 0 Å². The maximum Gasteiger partial charge on any atom is 0.104 e. The van der Waals surface area contributed by atoms with E-state index in [1.165, 1.54) is 0 Å². The van der Waals surface area contributed by atoms with Crippen molar-refractivity contribution in [3.05, 3.63) is 54.3 Å². The molecule has 2 heteroatoms. The third-order valence-electron chi connectivity index (χ3n) is 1.81. The van der Waals surface area contributed by atoms with Crippen molar-refractivity contribution in [3.8, 4) is 11.1 Å². The number of halogens is 1. The fourth-order valence-electron chi connectivity index (χ4n) is 1.20. The van der Waals surface area contributed by atoms with Crippen LogP contribution in [0.3, 0.4) is 0 Å². The van der Waals surface area contributed by atoms with E-state index in [4.69, 9.17) is 16.0 Å². The molecule has 2 aromatic rings. The lowest BCUT2D eigenvalue weighted by molar-refractivity contribution is 0.549. The standard InChI is InChI=1S/C11H8ClO/c1-8-5-10(7-13-8)9-3-2-4-11(12)6-9/h2-7H,1H2. The largest absolute Gasteiger partial charge is 0.469 e. The Bertz CT molecular complexity index is 418. The maximum absolute atomic E-state index is 5.86. The second-order valence-corrected chi connectivity index (χ2v) is 3.25. The van der Waals surface area contributed by atoms with Crippen LogP contribution in [-0.2, 0) is 0 Å². The highest BCUT2D eigenvalue weighted by Gasteiger charge is 2.00. The van der Waals surface area contributed by atoms with Crippen LogP contribution in [-0.4, -0.2) is 0 Å². The summed E-state index contributed by atoms with van der Waals surface area (Å²) in [7, 11) is 0. The van der Waals surface area contributed by atoms with Gasteiger partial charge in [-0.1, -0.05) is 23.7 Å². The molecular formula is C11H8ClO. The molecule has 0 spiro atoms. The number of rotatable bonds is 1. The molecule has 0 saturated heterocycles. The van der Waals surface area contributed by atoms with Crippen molar-refractivity contribution in [2.45, 2.75) is 0 Å². The predicted molar refractivity (Wildman–Crippen MR) is 53.6 cm³/mol. The van der Waals surface area contributed by atoms with Crippen molar-refractivity contribution in [1.29, 1.82) is 0 Å². The van der Waals surface area contributed by atoms with Crippen LogP contribution >= 0.6 is 11.6 Å². The summed E-state index contributed by atoms with van der Waals surface area (Å²) in [5.74, 6) is 0.662. The van der Waals surface area contributed by atoms with Crippen LogP contribution in [0.1, 0.15) is 5.76 Å². The van der Waals surface area contributed by atoms with Crippen molar-refractivity contribution >= 4 is 11.6 Å². The van der Waals surface area contributed by atoms with Gasteiger partial charge in [-0.15, -0.1) is 0 Å². The highest BCUT2D eigenvalue weighted by Crippen LogP contribution is 2.24. The Kier molecular flexibility index (Phi) is 2.11. The van der Waals surface area contributed by atoms with Crippen LogP contribution in [0.25, 0.3) is 11.1 Å². The van der Waals surface area contributed by atoms with Gasteiger partial charge in [-0.3, -0.25) is 0 Å². The Morgan fingerprint density at radius 1 is 1.15 bits per heavy atom. The molecule has 1 nitrogen and oxygen atoms in total. The van der Waals surface area contributed by atoms with Crippen molar-refractivity contribution < 1.29 is 4.42 Å². The van der Waals surface area contributed by atoms with Gasteiger partial charge < -0.3 is 4.42 Å². The predicted octanol–water partition coefficient (Wildman–Crippen LogP) is 3.78. The molecule has 1 aromatic carbocycles. The Hall–Kier alpha value is -1.21. The highest BCUT2D eigenvalue weighted by atomic mass is 35.5. The smallest absolute Gasteiger partial charge is 0.104 e. The Morgan fingerprint density at radius 2 is 2.00 bits per heavy atom. The van der Waals surface area contributed by atoms with Crippen LogP contribution in [0.2, 0.25) is 5.02 Å². The molecule has 0 amide bonds. The first-order valence-corrected chi connectivity index (χ1v) is 4.30. The van der Waals surface area contributed by atoms with Crippen molar-refractivity contribution in [2.75, 3.05) is 0 Å². The van der Waals surface area contributed by atoms with E-state index in [9.17, 15) is 0 Å². The average molecular weight is 192 g/mol. The monoisotopic (exact) mass is 191 g/mol. The van der Waals surface area contributed by atoms with Crippen molar-refractivity contribution in [1.82, 2.24) is 0 Å². The second-order valence-electron chi connectivity index (χ2n) is 2.81. The molecule has 0 aliphatic rings. The molecule has 2 rings (SSSR count). The fraction of sp³-hybridized carbons (Fsp3) is 0. The second kappa shape index (κ2) is 3.27. The maximum atomic E-state index is 5.86. The molecule has 0 N–H and O–H groups in total. The van der Waals surface area contributed by atoms with Crippen LogP contribution < -0.4 is 0 Å². The summed E-state index contributed by atoms with van der Waals surface area (Å²) in [6.45, 7) is 3.69. The molecule has 0 unspecified atom stereocenters. The molecule has 0 saturated carbocycles. The zero-order valence-corrected chi connectivity index (χ0v) is 7.71. The minimum absolute atomic E-state index is 0.662. The van der Waals surface area contributed by atoms with Gasteiger partial charge in [0.2, 0.25) is 0 Å². The van der Waals surface area contributed by atoms with Gasteiger partial charge >= 0.3 is 0 Å². The SMILES string of the molecule is [CH2]c1cc(-c2cccc(Cl)c2)co1. The Morgan fingerprint density at radius 3 is 2.62 bits per heavy atom. The number of benzene rings is 1. The van der Waals surface area contributed by atoms with Crippen LogP contribution in [0.15, 0.2) is 41.0 Å². The van der Waals surface area contributed by atoms with E-state index in [1.54, 1.807) is 6.26 Å². The summed E-state index contributed by atoms with van der Waals surface area (Å²) in [6, 6.07) is 9.51. The number of hydrogen-bond acceptors (Lipinski definition) is 1. The third-order valence-corrected chi connectivity index (χ3v) is 2.05. The van der Waals surface area contributed by atoms with E-state index >= 15 is 0 Å². The van der Waals surface area contributed by atoms with E-state index in [1.807, 2.05) is 30.3 Å². The molecule has 0 aliphatic heterocycles. The van der Waals surface area contributed by atoms with Gasteiger partial charge in [0, 0.05) is 17.5 Å². The van der Waals surface area contributed by atoms with Gasteiger partial charge in [-0.2, -0.15) is 0 Å². The topological polar surface area (TPSA) is 13.1 Å². The van der Waals surface area contributed by atoms with Gasteiger partial charge in [-0.25, -0.2) is 0 Å². The first-order valence-electron chi connectivity index (χ1n) is 3.92. The van der Waals surface area contributed by atoms with E-state index in [0.29, 0.717) is 5.76 Å². The average Bonchev–Trinajstić information content (AvgIpc) is 2.52. The summed E-state index contributed by atoms with van der Waals surface area (Å²) in [5, 5.41) is 0.726. The third kappa shape index (κ3) is 1.76. The lowest BCUT2D eigenvalue weighted by Gasteiger charge is -1.95. The summed E-state index contributed by atoms with van der Waals surface area (Å²) in [4.78, 5) is 0. The molecule has 1 heterocycles. The van der Waals surface area contributed by atoms with Gasteiger partial charge in [-0.05, 0) is 23.8 Å². The van der Waals surface area contributed by atoms with E-state index in [-0.39, 0.29) is 0 Å². The first kappa shape index (κ1) is 8.39. The lowest BCUT2D eigenvalue weighted by Crippen LogP contribution is -1.72. The molecule has 0 aliphatic carbocycles. The minimum Gasteiger partial charge on any atom is -0.469 e. The highest BCUT2D eigenvalue weighted by molar-refractivity contribution is 6.30. The summed E-state index contributed by atoms with van der Waals surface area (Å²) in [5.41, 5.74) is 2.05. The molecule has 1 radical (unpaired) electrons. The summed E-state index contributed by atoms with van der Waals surface area (Å²) in [6.07, 6.45) is 1.67. The fourth-order valence-corrected chi connectivity index (χ4v) is 1.39. The first-order chi connectivity index (χ1) is 6.25. The molecule has 0 atom stereocenters. The van der Waals surface area contributed by atoms with Crippen LogP contribution in [0.5, 0.6) is 0 Å². The summed E-state index contributed by atoms with van der Waals surface area (Å²) >= 11 is 5.86. The van der Waals surface area contributed by atoms with Gasteiger partial charge in [0.05, 0.1) is 6.26 Å². The van der Waals surface area contributed by atoms with Gasteiger partial charge in [0.1, 0.15) is 5.76 Å². The zero-order chi connectivity index (χ0) is 9.26. The molecule has 1 aromatic heterocycles. The van der Waals surface area contributed by atoms with E-state index < -0.39 is 0 Å². The molecule has 65 valence electrons.